The van der Waals surface area contributed by atoms with Gasteiger partial charge in [0.25, 0.3) is 0 Å². The van der Waals surface area contributed by atoms with E-state index in [4.69, 9.17) is 27.9 Å². The van der Waals surface area contributed by atoms with E-state index in [0.29, 0.717) is 28.6 Å². The Labute approximate surface area is 122 Å². The maximum atomic E-state index is 12.4. The second-order valence-corrected chi connectivity index (χ2v) is 5.55. The van der Waals surface area contributed by atoms with E-state index in [1.807, 2.05) is 13.0 Å². The number of ether oxygens (including phenoxy) is 1. The first kappa shape index (κ1) is 14.3. The van der Waals surface area contributed by atoms with Crippen LogP contribution in [0.5, 0.6) is 0 Å². The molecule has 19 heavy (non-hydrogen) atoms. The van der Waals surface area contributed by atoms with Crippen LogP contribution < -0.4 is 0 Å². The van der Waals surface area contributed by atoms with Gasteiger partial charge in [-0.15, -0.1) is 0 Å². The Bertz CT molecular complexity index is 539. The van der Waals surface area contributed by atoms with Crippen LogP contribution in [0.3, 0.4) is 0 Å². The molecule has 1 aliphatic heterocycles. The molecule has 2 rings (SSSR count). The van der Waals surface area contributed by atoms with Crippen LogP contribution in [0.25, 0.3) is 0 Å². The van der Waals surface area contributed by atoms with Crippen molar-refractivity contribution >= 4 is 29.0 Å². The number of hydrogen-bond acceptors (Lipinski definition) is 3. The predicted molar refractivity (Wildman–Crippen MR) is 73.3 cm³/mol. The van der Waals surface area contributed by atoms with Gasteiger partial charge in [0.05, 0.1) is 18.8 Å². The number of nitrogens with zero attached hydrogens (tertiary/aromatic N) is 1. The summed E-state index contributed by atoms with van der Waals surface area (Å²) in [7, 11) is 0. The second-order valence-electron chi connectivity index (χ2n) is 4.71. The lowest BCUT2D eigenvalue weighted by Crippen LogP contribution is -2.22. The van der Waals surface area contributed by atoms with Crippen molar-refractivity contribution in [3.8, 4) is 6.07 Å². The van der Waals surface area contributed by atoms with E-state index in [9.17, 15) is 10.1 Å². The summed E-state index contributed by atoms with van der Waals surface area (Å²) in [6, 6.07) is 6.85. The smallest absolute Gasteiger partial charge is 0.159 e. The molecule has 3 nitrogen and oxygen atoms in total. The van der Waals surface area contributed by atoms with Crippen molar-refractivity contribution < 1.29 is 9.53 Å². The third-order valence-corrected chi connectivity index (χ3v) is 3.85. The number of rotatable bonds is 3. The fraction of sp³-hybridized carbons (Fsp3) is 0.429. The molecule has 3 unspecified atom stereocenters. The molecule has 0 saturated carbocycles. The summed E-state index contributed by atoms with van der Waals surface area (Å²) >= 11 is 11.9. The number of hydrogen-bond donors (Lipinski definition) is 0. The van der Waals surface area contributed by atoms with E-state index in [1.165, 1.54) is 0 Å². The van der Waals surface area contributed by atoms with Crippen LogP contribution in [-0.2, 0) is 9.53 Å². The average molecular weight is 298 g/mol. The molecule has 0 bridgehead atoms. The number of benzene rings is 1. The van der Waals surface area contributed by atoms with Gasteiger partial charge in [-0.2, -0.15) is 5.26 Å². The molecular weight excluding hydrogens is 285 g/mol. The largest absolute Gasteiger partial charge is 0.378 e. The standard InChI is InChI=1S/C14H13Cl2NO2/c1-8-4-9(7-19-8)14(18)12(6-17)11-3-2-10(15)5-13(11)16/h2-3,5,8-9,12H,4,7H2,1H3. The van der Waals surface area contributed by atoms with Gasteiger partial charge in [0.15, 0.2) is 5.78 Å². The van der Waals surface area contributed by atoms with E-state index < -0.39 is 5.92 Å². The summed E-state index contributed by atoms with van der Waals surface area (Å²) in [4.78, 5) is 12.4. The Morgan fingerprint density at radius 2 is 2.26 bits per heavy atom. The first-order valence-electron chi connectivity index (χ1n) is 6.02. The monoisotopic (exact) mass is 297 g/mol. The number of halogens is 2. The Balaban J connectivity index is 2.25. The fourth-order valence-electron chi connectivity index (χ4n) is 2.27. The number of carbonyl (C=O) groups is 1. The minimum absolute atomic E-state index is 0.0639. The van der Waals surface area contributed by atoms with Gasteiger partial charge in [-0.1, -0.05) is 29.3 Å². The van der Waals surface area contributed by atoms with Crippen molar-refractivity contribution in [1.29, 1.82) is 5.26 Å². The van der Waals surface area contributed by atoms with Crippen molar-refractivity contribution in [3.63, 3.8) is 0 Å². The van der Waals surface area contributed by atoms with Crippen LogP contribution in [0.2, 0.25) is 10.0 Å². The van der Waals surface area contributed by atoms with Crippen molar-refractivity contribution in [2.24, 2.45) is 5.92 Å². The van der Waals surface area contributed by atoms with Crippen LogP contribution in [0.4, 0.5) is 0 Å². The highest BCUT2D eigenvalue weighted by Gasteiger charge is 2.34. The lowest BCUT2D eigenvalue weighted by molar-refractivity contribution is -0.123. The maximum absolute atomic E-state index is 12.4. The molecule has 0 radical (unpaired) electrons. The van der Waals surface area contributed by atoms with Crippen LogP contribution in [0.1, 0.15) is 24.8 Å². The summed E-state index contributed by atoms with van der Waals surface area (Å²) in [6.45, 7) is 2.30. The SMILES string of the molecule is CC1CC(C(=O)C(C#N)c2ccc(Cl)cc2Cl)CO1. The van der Waals surface area contributed by atoms with Crippen molar-refractivity contribution in [1.82, 2.24) is 0 Å². The molecule has 3 atom stereocenters. The van der Waals surface area contributed by atoms with E-state index in [-0.39, 0.29) is 17.8 Å². The molecule has 1 saturated heterocycles. The molecule has 5 heteroatoms. The van der Waals surface area contributed by atoms with Crippen molar-refractivity contribution in [2.75, 3.05) is 6.61 Å². The van der Waals surface area contributed by atoms with E-state index in [1.54, 1.807) is 18.2 Å². The van der Waals surface area contributed by atoms with Gasteiger partial charge >= 0.3 is 0 Å². The molecule has 100 valence electrons. The van der Waals surface area contributed by atoms with Crippen molar-refractivity contribution in [2.45, 2.75) is 25.4 Å². The molecule has 0 N–H and O–H groups in total. The minimum atomic E-state index is -0.858. The van der Waals surface area contributed by atoms with E-state index in [2.05, 4.69) is 0 Å². The van der Waals surface area contributed by atoms with Gasteiger partial charge in [-0.25, -0.2) is 0 Å². The molecule has 1 aliphatic rings. The molecular formula is C14H13Cl2NO2. The van der Waals surface area contributed by atoms with Gasteiger partial charge < -0.3 is 4.74 Å². The predicted octanol–water partition coefficient (Wildman–Crippen LogP) is 3.59. The molecule has 0 aliphatic carbocycles. The lowest BCUT2D eigenvalue weighted by Gasteiger charge is -2.14. The summed E-state index contributed by atoms with van der Waals surface area (Å²) in [5, 5.41) is 10.1. The number of Topliss-reactive ketones (excluding diaryl/α,β-unsaturated/α-hetero) is 1. The zero-order valence-corrected chi connectivity index (χ0v) is 11.9. The minimum Gasteiger partial charge on any atom is -0.378 e. The lowest BCUT2D eigenvalue weighted by atomic mass is 9.87. The van der Waals surface area contributed by atoms with Crippen LogP contribution in [0, 0.1) is 17.2 Å². The highest BCUT2D eigenvalue weighted by molar-refractivity contribution is 6.35. The summed E-state index contributed by atoms with van der Waals surface area (Å²) in [6.07, 6.45) is 0.719. The van der Waals surface area contributed by atoms with E-state index in [0.717, 1.165) is 0 Å². The maximum Gasteiger partial charge on any atom is 0.159 e. The van der Waals surface area contributed by atoms with Gasteiger partial charge in [0.1, 0.15) is 5.92 Å². The molecule has 1 aromatic rings. The molecule has 0 aromatic heterocycles. The normalized spacial score (nSPS) is 23.9. The number of ketones is 1. The first-order valence-corrected chi connectivity index (χ1v) is 6.78. The van der Waals surface area contributed by atoms with Gasteiger partial charge in [0, 0.05) is 16.0 Å². The van der Waals surface area contributed by atoms with Gasteiger partial charge in [-0.05, 0) is 31.0 Å². The van der Waals surface area contributed by atoms with E-state index >= 15 is 0 Å². The molecule has 1 fully saturated rings. The highest BCUT2D eigenvalue weighted by atomic mass is 35.5. The zero-order chi connectivity index (χ0) is 14.0. The topological polar surface area (TPSA) is 50.1 Å². The quantitative estimate of drug-likeness (QED) is 0.856. The van der Waals surface area contributed by atoms with Crippen LogP contribution in [0.15, 0.2) is 18.2 Å². The zero-order valence-electron chi connectivity index (χ0n) is 10.4. The second kappa shape index (κ2) is 5.92. The summed E-state index contributed by atoms with van der Waals surface area (Å²) in [5.74, 6) is -1.22. The Morgan fingerprint density at radius 3 is 2.79 bits per heavy atom. The van der Waals surface area contributed by atoms with Crippen molar-refractivity contribution in [3.05, 3.63) is 33.8 Å². The third kappa shape index (κ3) is 3.09. The number of nitriles is 1. The first-order chi connectivity index (χ1) is 9.02. The molecule has 1 heterocycles. The van der Waals surface area contributed by atoms with Gasteiger partial charge in [0.2, 0.25) is 0 Å². The Hall–Kier alpha value is -1.08. The van der Waals surface area contributed by atoms with Crippen LogP contribution >= 0.6 is 23.2 Å². The van der Waals surface area contributed by atoms with Gasteiger partial charge in [-0.3, -0.25) is 4.79 Å². The number of carbonyl (C=O) groups excluding carboxylic acids is 1. The Morgan fingerprint density at radius 1 is 1.53 bits per heavy atom. The third-order valence-electron chi connectivity index (χ3n) is 3.29. The highest BCUT2D eigenvalue weighted by Crippen LogP contribution is 2.32. The Kier molecular flexibility index (Phi) is 4.46. The fourth-order valence-corrected chi connectivity index (χ4v) is 2.79. The average Bonchev–Trinajstić information content (AvgIpc) is 2.79. The van der Waals surface area contributed by atoms with Crippen LogP contribution in [-0.4, -0.2) is 18.5 Å². The summed E-state index contributed by atoms with van der Waals surface area (Å²) in [5.41, 5.74) is 0.512. The molecule has 0 amide bonds. The molecule has 0 spiro atoms. The summed E-state index contributed by atoms with van der Waals surface area (Å²) < 4.78 is 5.38. The molecule has 1 aromatic carbocycles.